The summed E-state index contributed by atoms with van der Waals surface area (Å²) in [6.45, 7) is 3.34. The molecule has 4 nitrogen and oxygen atoms in total. The van der Waals surface area contributed by atoms with Gasteiger partial charge in [0.1, 0.15) is 6.61 Å². The van der Waals surface area contributed by atoms with Crippen molar-refractivity contribution in [3.8, 4) is 0 Å². The van der Waals surface area contributed by atoms with Gasteiger partial charge in [-0.05, 0) is 6.58 Å². The summed E-state index contributed by atoms with van der Waals surface area (Å²) in [4.78, 5) is 10.1. The second-order valence-electron chi connectivity index (χ2n) is 1.63. The van der Waals surface area contributed by atoms with Gasteiger partial charge in [0.05, 0.1) is 0 Å². The molecule has 1 aliphatic heterocycles. The first-order valence-corrected chi connectivity index (χ1v) is 2.41. The van der Waals surface area contributed by atoms with Crippen LogP contribution < -0.4 is 0 Å². The summed E-state index contributed by atoms with van der Waals surface area (Å²) < 4.78 is 9.24. The van der Waals surface area contributed by atoms with Crippen molar-refractivity contribution in [2.45, 2.75) is 6.10 Å². The molecule has 50 valence electrons. The molecule has 0 spiro atoms. The van der Waals surface area contributed by atoms with Crippen molar-refractivity contribution in [1.29, 1.82) is 0 Å². The van der Waals surface area contributed by atoms with Crippen LogP contribution in [0.2, 0.25) is 0 Å². The van der Waals surface area contributed by atoms with Gasteiger partial charge in [-0.1, -0.05) is 0 Å². The molecular weight excluding hydrogens is 124 g/mol. The summed E-state index contributed by atoms with van der Waals surface area (Å²) in [6.07, 6.45) is -0.863. The molecule has 1 heterocycles. The Morgan fingerprint density at radius 1 is 1.89 bits per heavy atom. The largest absolute Gasteiger partial charge is 0.478 e. The Morgan fingerprint density at radius 2 is 2.56 bits per heavy atom. The van der Waals surface area contributed by atoms with E-state index in [1.54, 1.807) is 0 Å². The Hall–Kier alpha value is -1.19. The van der Waals surface area contributed by atoms with Crippen LogP contribution in [-0.4, -0.2) is 23.8 Å². The summed E-state index contributed by atoms with van der Waals surface area (Å²) in [5.41, 5.74) is 0. The molecule has 1 saturated heterocycles. The van der Waals surface area contributed by atoms with E-state index in [0.29, 0.717) is 0 Å². The molecule has 1 N–H and O–H groups in total. The van der Waals surface area contributed by atoms with E-state index in [-0.39, 0.29) is 12.6 Å². The van der Waals surface area contributed by atoms with Crippen LogP contribution in [0.3, 0.4) is 0 Å². The highest BCUT2D eigenvalue weighted by atomic mass is 16.7. The molecule has 1 aliphatic rings. The maximum absolute atomic E-state index is 10.1. The molecule has 1 unspecified atom stereocenters. The summed E-state index contributed by atoms with van der Waals surface area (Å²) in [7, 11) is 0. The van der Waals surface area contributed by atoms with Crippen LogP contribution >= 0.6 is 0 Å². The number of aliphatic carboxylic acids is 1. The highest BCUT2D eigenvalue weighted by Gasteiger charge is 2.27. The minimum Gasteiger partial charge on any atom is -0.478 e. The van der Waals surface area contributed by atoms with Crippen LogP contribution in [0.25, 0.3) is 0 Å². The van der Waals surface area contributed by atoms with Crippen LogP contribution in [0.1, 0.15) is 0 Å². The molecular formula is C5H6O4. The van der Waals surface area contributed by atoms with E-state index in [9.17, 15) is 4.79 Å². The predicted molar refractivity (Wildman–Crippen MR) is 27.6 cm³/mol. The maximum Gasteiger partial charge on any atom is 0.348 e. The van der Waals surface area contributed by atoms with Gasteiger partial charge in [-0.2, -0.15) is 0 Å². The van der Waals surface area contributed by atoms with Crippen molar-refractivity contribution in [1.82, 2.24) is 0 Å². The lowest BCUT2D eigenvalue weighted by Gasteiger charge is -1.97. The van der Waals surface area contributed by atoms with Crippen molar-refractivity contribution >= 4 is 5.97 Å². The topological polar surface area (TPSA) is 55.8 Å². The Bertz CT molecular complexity index is 151. The minimum atomic E-state index is -1.02. The number of hydrogen-bond donors (Lipinski definition) is 1. The maximum atomic E-state index is 10.1. The van der Waals surface area contributed by atoms with Gasteiger partial charge in [-0.3, -0.25) is 0 Å². The van der Waals surface area contributed by atoms with Crippen LogP contribution in [0.15, 0.2) is 12.5 Å². The third-order valence-corrected chi connectivity index (χ3v) is 0.945. The van der Waals surface area contributed by atoms with Gasteiger partial charge < -0.3 is 14.6 Å². The highest BCUT2D eigenvalue weighted by Crippen LogP contribution is 2.11. The molecule has 0 bridgehead atoms. The number of hydrogen-bond acceptors (Lipinski definition) is 3. The fraction of sp³-hybridized carbons (Fsp3) is 0.400. The highest BCUT2D eigenvalue weighted by molar-refractivity contribution is 5.72. The summed E-state index contributed by atoms with van der Waals surface area (Å²) in [5.74, 6) is -0.934. The summed E-state index contributed by atoms with van der Waals surface area (Å²) >= 11 is 0. The van der Waals surface area contributed by atoms with E-state index >= 15 is 0 Å². The molecule has 4 heteroatoms. The first-order valence-electron chi connectivity index (χ1n) is 2.41. The Morgan fingerprint density at radius 3 is 2.78 bits per heavy atom. The molecule has 0 aliphatic carbocycles. The molecule has 0 aromatic carbocycles. The van der Waals surface area contributed by atoms with Crippen LogP contribution in [-0.2, 0) is 14.3 Å². The average molecular weight is 130 g/mol. The summed E-state index contributed by atoms with van der Waals surface area (Å²) in [6, 6.07) is 0. The molecule has 0 radical (unpaired) electrons. The number of ether oxygens (including phenoxy) is 2. The lowest BCUT2D eigenvalue weighted by atomic mass is 10.4. The summed E-state index contributed by atoms with van der Waals surface area (Å²) in [5, 5.41) is 8.28. The zero-order valence-corrected chi connectivity index (χ0v) is 4.66. The van der Waals surface area contributed by atoms with Crippen LogP contribution in [0, 0.1) is 0 Å². The van der Waals surface area contributed by atoms with Gasteiger partial charge in [-0.25, -0.2) is 4.79 Å². The molecule has 1 fully saturated rings. The van der Waals surface area contributed by atoms with Crippen molar-refractivity contribution in [2.75, 3.05) is 6.61 Å². The second-order valence-corrected chi connectivity index (χ2v) is 1.63. The van der Waals surface area contributed by atoms with Gasteiger partial charge in [-0.15, -0.1) is 0 Å². The third-order valence-electron chi connectivity index (χ3n) is 0.945. The third kappa shape index (κ3) is 1.13. The zero-order chi connectivity index (χ0) is 6.85. The van der Waals surface area contributed by atoms with E-state index < -0.39 is 12.1 Å². The fourth-order valence-corrected chi connectivity index (χ4v) is 0.517. The lowest BCUT2D eigenvalue weighted by molar-refractivity contribution is -0.145. The Labute approximate surface area is 51.7 Å². The first-order chi connectivity index (χ1) is 4.20. The van der Waals surface area contributed by atoms with Gasteiger partial charge >= 0.3 is 5.97 Å². The van der Waals surface area contributed by atoms with Crippen molar-refractivity contribution in [3.63, 3.8) is 0 Å². The quantitative estimate of drug-likeness (QED) is 0.541. The van der Waals surface area contributed by atoms with Crippen molar-refractivity contribution in [3.05, 3.63) is 12.5 Å². The standard InChI is InChI=1S/C5H6O4/c1-3-8-2-4(9-3)5(6)7/h4H,1-2H2,(H,6,7). The molecule has 1 rings (SSSR count). The normalized spacial score (nSPS) is 24.9. The SMILES string of the molecule is C=C1OCC(C(=O)O)O1. The van der Waals surface area contributed by atoms with E-state index in [2.05, 4.69) is 16.1 Å². The number of carbonyl (C=O) groups is 1. The van der Waals surface area contributed by atoms with Crippen molar-refractivity contribution in [2.24, 2.45) is 0 Å². The lowest BCUT2D eigenvalue weighted by Crippen LogP contribution is -2.21. The van der Waals surface area contributed by atoms with Crippen LogP contribution in [0.4, 0.5) is 0 Å². The van der Waals surface area contributed by atoms with E-state index in [1.165, 1.54) is 0 Å². The fourth-order valence-electron chi connectivity index (χ4n) is 0.517. The van der Waals surface area contributed by atoms with Gasteiger partial charge in [0.25, 0.3) is 5.95 Å². The van der Waals surface area contributed by atoms with Crippen LogP contribution in [0.5, 0.6) is 0 Å². The molecule has 9 heavy (non-hydrogen) atoms. The van der Waals surface area contributed by atoms with Gasteiger partial charge in [0, 0.05) is 0 Å². The number of rotatable bonds is 1. The molecule has 0 amide bonds. The molecule has 1 atom stereocenters. The molecule has 0 aromatic heterocycles. The predicted octanol–water partition coefficient (Wildman–Crippen LogP) is -0.0424. The van der Waals surface area contributed by atoms with E-state index in [0.717, 1.165) is 0 Å². The Kier molecular flexibility index (Phi) is 1.30. The van der Waals surface area contributed by atoms with E-state index in [1.807, 2.05) is 0 Å². The van der Waals surface area contributed by atoms with Gasteiger partial charge in [0.15, 0.2) is 0 Å². The van der Waals surface area contributed by atoms with E-state index in [4.69, 9.17) is 5.11 Å². The minimum absolute atomic E-state index is 0.0637. The zero-order valence-electron chi connectivity index (χ0n) is 4.66. The molecule has 0 saturated carbocycles. The second kappa shape index (κ2) is 1.97. The average Bonchev–Trinajstić information content (AvgIpc) is 2.14. The van der Waals surface area contributed by atoms with Crippen molar-refractivity contribution < 1.29 is 19.4 Å². The monoisotopic (exact) mass is 130 g/mol. The first kappa shape index (κ1) is 5.94. The van der Waals surface area contributed by atoms with Gasteiger partial charge in [0.2, 0.25) is 6.10 Å². The Balaban J connectivity index is 2.48. The molecule has 0 aromatic rings. The number of carboxylic acids is 1. The number of carboxylic acid groups (broad SMARTS) is 1. The smallest absolute Gasteiger partial charge is 0.348 e.